The molecular formula is C38H63N3O6. The number of hydrogen-bond donors (Lipinski definition) is 3. The first kappa shape index (κ1) is 33.9. The molecule has 13 atom stereocenters. The Morgan fingerprint density at radius 1 is 1.00 bits per heavy atom. The Bertz CT molecular complexity index is 1250. The summed E-state index contributed by atoms with van der Waals surface area (Å²) in [4.78, 5) is 27.6. The van der Waals surface area contributed by atoms with E-state index in [0.717, 1.165) is 58.2 Å². The summed E-state index contributed by atoms with van der Waals surface area (Å²) in [5.74, 6) is 1.70. The average molecular weight is 658 g/mol. The van der Waals surface area contributed by atoms with Gasteiger partial charge in [-0.2, -0.15) is 0 Å². The van der Waals surface area contributed by atoms with Crippen LogP contribution in [0.2, 0.25) is 0 Å². The summed E-state index contributed by atoms with van der Waals surface area (Å²) < 4.78 is 19.0. The number of fused-ring (bicyclic) bond motifs is 4. The highest BCUT2D eigenvalue weighted by atomic mass is 16.6. The summed E-state index contributed by atoms with van der Waals surface area (Å²) in [6.45, 7) is 21.1. The van der Waals surface area contributed by atoms with Gasteiger partial charge in [0.25, 0.3) is 0 Å². The lowest BCUT2D eigenvalue weighted by molar-refractivity contribution is -0.184. The van der Waals surface area contributed by atoms with Crippen molar-refractivity contribution in [1.29, 1.82) is 0 Å². The van der Waals surface area contributed by atoms with Gasteiger partial charge in [-0.15, -0.1) is 0 Å². The van der Waals surface area contributed by atoms with Gasteiger partial charge in [0.1, 0.15) is 12.2 Å². The van der Waals surface area contributed by atoms with Crippen molar-refractivity contribution in [2.45, 2.75) is 143 Å². The molecule has 0 aromatic heterocycles. The van der Waals surface area contributed by atoms with Crippen molar-refractivity contribution in [3.63, 3.8) is 0 Å². The fourth-order valence-electron chi connectivity index (χ4n) is 13.8. The second-order valence-electron chi connectivity index (χ2n) is 18.5. The van der Waals surface area contributed by atoms with E-state index < -0.39 is 12.2 Å². The number of alkyl carbamates (subject to hydrolysis) is 2. The number of nitrogens with one attached hydrogen (secondary N) is 2. The number of aliphatic hydroxyl groups is 1. The van der Waals surface area contributed by atoms with Crippen LogP contribution in [0.4, 0.5) is 9.59 Å². The molecule has 2 aliphatic heterocycles. The number of carbonyl (C=O) groups excluding carboxylic acids is 2. The topological polar surface area (TPSA) is 109 Å². The maximum atomic E-state index is 13.0. The lowest BCUT2D eigenvalue weighted by Gasteiger charge is -2.63. The minimum atomic E-state index is -0.557. The molecule has 5 saturated carbocycles. The summed E-state index contributed by atoms with van der Waals surface area (Å²) in [5.41, 5.74) is 0.141. The molecular weight excluding hydrogens is 594 g/mol. The van der Waals surface area contributed by atoms with Gasteiger partial charge in [-0.25, -0.2) is 9.59 Å². The largest absolute Gasteiger partial charge is 0.446 e. The number of likely N-dealkylation sites (tertiary alicyclic amines) is 1. The van der Waals surface area contributed by atoms with Crippen molar-refractivity contribution in [3.8, 4) is 0 Å². The SMILES string of the molecule is CCN1CC(NC(=O)OC2CCC34CC35CCC3(C)[C@@H]6C(OC(C(OC(=O)NC)C(C)C)C[C@H]6C)[C@H](O)[C@@]3(C)C5CC[C@H]4C2(C)C)C1. The van der Waals surface area contributed by atoms with Gasteiger partial charge < -0.3 is 30.0 Å². The number of likely N-dealkylation sites (N-methyl/N-ethyl adjacent to an activating group) is 1. The highest BCUT2D eigenvalue weighted by Gasteiger charge is 2.84. The van der Waals surface area contributed by atoms with Crippen LogP contribution < -0.4 is 10.6 Å². The average Bonchev–Trinajstić information content (AvgIpc) is 3.63. The zero-order valence-electron chi connectivity index (χ0n) is 30.6. The molecule has 0 radical (unpaired) electrons. The Morgan fingerprint density at radius 3 is 2.34 bits per heavy atom. The quantitative estimate of drug-likeness (QED) is 0.323. The van der Waals surface area contributed by atoms with Crippen molar-refractivity contribution < 1.29 is 28.9 Å². The van der Waals surface area contributed by atoms with Crippen LogP contribution in [0.15, 0.2) is 0 Å². The van der Waals surface area contributed by atoms with Crippen molar-refractivity contribution in [2.24, 2.45) is 56.7 Å². The van der Waals surface area contributed by atoms with Crippen molar-refractivity contribution in [1.82, 2.24) is 15.5 Å². The van der Waals surface area contributed by atoms with E-state index in [2.05, 4.69) is 70.9 Å². The molecule has 2 heterocycles. The minimum absolute atomic E-state index is 0.0220. The van der Waals surface area contributed by atoms with Crippen LogP contribution in [-0.2, 0) is 14.2 Å². The van der Waals surface area contributed by atoms with Gasteiger partial charge in [0.05, 0.1) is 24.4 Å². The number of amides is 2. The second-order valence-corrected chi connectivity index (χ2v) is 18.5. The third-order valence-electron chi connectivity index (χ3n) is 16.2. The van der Waals surface area contributed by atoms with Gasteiger partial charge in [0.15, 0.2) is 0 Å². The van der Waals surface area contributed by atoms with E-state index >= 15 is 0 Å². The van der Waals surface area contributed by atoms with E-state index in [1.54, 1.807) is 7.05 Å². The Balaban J connectivity index is 1.10. The van der Waals surface area contributed by atoms with Crippen LogP contribution >= 0.6 is 0 Å². The lowest BCUT2D eigenvalue weighted by atomic mass is 9.41. The van der Waals surface area contributed by atoms with E-state index in [4.69, 9.17) is 14.2 Å². The Hall–Kier alpha value is -1.58. The van der Waals surface area contributed by atoms with Crippen molar-refractivity contribution in [2.75, 3.05) is 26.7 Å². The first-order chi connectivity index (χ1) is 22.1. The molecule has 3 N–H and O–H groups in total. The lowest BCUT2D eigenvalue weighted by Crippen LogP contribution is -2.61. The standard InChI is InChI=1S/C38H63N3O6/c1-10-41-18-23(19-41)40-33(44)46-27-13-14-37-20-38(37)16-15-35(7)28-22(4)17-24(29(21(2)3)47-32(43)39-9)45-30(28)31(42)36(35,8)26(38)12-11-25(37)34(27,5)6/h21-31,42H,10-20H2,1-9H3,(H,39,43)(H,40,44)/t22-,24?,25+,26?,27?,28+,29?,30?,31+,35?,36-,37?,38?/m1/s1. The highest BCUT2D eigenvalue weighted by Crippen LogP contribution is 2.89. The molecule has 2 saturated heterocycles. The summed E-state index contributed by atoms with van der Waals surface area (Å²) in [7, 11) is 1.59. The summed E-state index contributed by atoms with van der Waals surface area (Å²) in [6.07, 6.45) is 6.54. The number of rotatable bonds is 6. The normalized spacial score (nSPS) is 48.8. The molecule has 8 unspecified atom stereocenters. The number of carbonyl (C=O) groups is 2. The molecule has 7 rings (SSSR count). The predicted octanol–water partition coefficient (Wildman–Crippen LogP) is 5.98. The summed E-state index contributed by atoms with van der Waals surface area (Å²) in [5, 5.41) is 18.3. The molecule has 0 aromatic carbocycles. The molecule has 5 aliphatic carbocycles. The molecule has 7 fully saturated rings. The Kier molecular flexibility index (Phi) is 8.09. The maximum Gasteiger partial charge on any atom is 0.407 e. The molecule has 2 amide bonds. The molecule has 9 heteroatoms. The summed E-state index contributed by atoms with van der Waals surface area (Å²) >= 11 is 0. The number of ether oxygens (including phenoxy) is 3. The monoisotopic (exact) mass is 657 g/mol. The first-order valence-electron chi connectivity index (χ1n) is 19.0. The van der Waals surface area contributed by atoms with Gasteiger partial charge in [-0.1, -0.05) is 55.4 Å². The Morgan fingerprint density at radius 2 is 1.68 bits per heavy atom. The van der Waals surface area contributed by atoms with Crippen LogP contribution in [-0.4, -0.2) is 85.4 Å². The van der Waals surface area contributed by atoms with Crippen LogP contribution in [0, 0.1) is 56.7 Å². The van der Waals surface area contributed by atoms with Crippen molar-refractivity contribution in [3.05, 3.63) is 0 Å². The molecule has 266 valence electrons. The Labute approximate surface area is 283 Å². The number of aliphatic hydroxyl groups excluding tert-OH is 1. The van der Waals surface area contributed by atoms with Gasteiger partial charge in [-0.3, -0.25) is 4.90 Å². The number of nitrogens with zero attached hydrogens (tertiary/aromatic N) is 1. The predicted molar refractivity (Wildman–Crippen MR) is 180 cm³/mol. The highest BCUT2D eigenvalue weighted by molar-refractivity contribution is 5.68. The van der Waals surface area contributed by atoms with Crippen LogP contribution in [0.5, 0.6) is 0 Å². The van der Waals surface area contributed by atoms with Gasteiger partial charge in [0, 0.05) is 31.0 Å². The van der Waals surface area contributed by atoms with Gasteiger partial charge in [-0.05, 0) is 104 Å². The molecule has 47 heavy (non-hydrogen) atoms. The first-order valence-corrected chi connectivity index (χ1v) is 19.0. The molecule has 2 spiro atoms. The molecule has 0 bridgehead atoms. The van der Waals surface area contributed by atoms with E-state index in [1.807, 2.05) is 0 Å². The van der Waals surface area contributed by atoms with Crippen LogP contribution in [0.1, 0.15) is 107 Å². The second kappa shape index (κ2) is 11.2. The number of hydrogen-bond acceptors (Lipinski definition) is 7. The van der Waals surface area contributed by atoms with Gasteiger partial charge in [0.2, 0.25) is 0 Å². The van der Waals surface area contributed by atoms with E-state index in [0.29, 0.717) is 17.8 Å². The third-order valence-corrected chi connectivity index (χ3v) is 16.2. The van der Waals surface area contributed by atoms with Crippen molar-refractivity contribution >= 4 is 12.2 Å². The molecule has 9 nitrogen and oxygen atoms in total. The maximum absolute atomic E-state index is 13.0. The molecule has 0 aromatic rings. The van der Waals surface area contributed by atoms with E-state index in [-0.39, 0.29) is 75.5 Å². The summed E-state index contributed by atoms with van der Waals surface area (Å²) in [6, 6.07) is 0.197. The zero-order chi connectivity index (χ0) is 33.9. The van der Waals surface area contributed by atoms with E-state index in [9.17, 15) is 14.7 Å². The smallest absolute Gasteiger partial charge is 0.407 e. The fraction of sp³-hybridized carbons (Fsp3) is 0.947. The third kappa shape index (κ3) is 4.56. The fourth-order valence-corrected chi connectivity index (χ4v) is 13.8. The van der Waals surface area contributed by atoms with Gasteiger partial charge >= 0.3 is 12.2 Å². The zero-order valence-corrected chi connectivity index (χ0v) is 30.6. The van der Waals surface area contributed by atoms with Crippen LogP contribution in [0.3, 0.4) is 0 Å². The van der Waals surface area contributed by atoms with Crippen LogP contribution in [0.25, 0.3) is 0 Å². The molecule has 7 aliphatic rings. The minimum Gasteiger partial charge on any atom is -0.446 e. The van der Waals surface area contributed by atoms with E-state index in [1.165, 1.54) is 12.8 Å².